The van der Waals surface area contributed by atoms with Gasteiger partial charge in [0.2, 0.25) is 5.69 Å². The molecule has 0 atom stereocenters. The number of ether oxygens (including phenoxy) is 1. The summed E-state index contributed by atoms with van der Waals surface area (Å²) in [4.78, 5) is 9.37. The average molecular weight is 354 g/mol. The molecule has 132 valence electrons. The van der Waals surface area contributed by atoms with Gasteiger partial charge in [0.15, 0.2) is 6.20 Å². The van der Waals surface area contributed by atoms with Crippen molar-refractivity contribution in [3.05, 3.63) is 85.2 Å². The summed E-state index contributed by atoms with van der Waals surface area (Å²) in [6, 6.07) is 24.1. The lowest BCUT2D eigenvalue weighted by Gasteiger charge is -2.11. The van der Waals surface area contributed by atoms with Crippen molar-refractivity contribution in [2.75, 3.05) is 7.11 Å². The van der Waals surface area contributed by atoms with E-state index in [1.807, 2.05) is 61.8 Å². The van der Waals surface area contributed by atoms with E-state index in [2.05, 4.69) is 33.8 Å². The van der Waals surface area contributed by atoms with Gasteiger partial charge in [-0.2, -0.15) is 4.57 Å². The zero-order chi connectivity index (χ0) is 18.6. The second-order valence-corrected chi connectivity index (χ2v) is 6.24. The average Bonchev–Trinajstić information content (AvgIpc) is 2.74. The Balaban J connectivity index is 1.97. The van der Waals surface area contributed by atoms with Crippen LogP contribution in [0.1, 0.15) is 0 Å². The summed E-state index contributed by atoms with van der Waals surface area (Å²) in [7, 11) is 3.71. The van der Waals surface area contributed by atoms with Gasteiger partial charge in [-0.3, -0.25) is 4.98 Å². The first-order valence-electron chi connectivity index (χ1n) is 8.78. The molecule has 0 saturated heterocycles. The maximum Gasteiger partial charge on any atom is 0.230 e. The molecule has 0 aliphatic heterocycles. The van der Waals surface area contributed by atoms with Crippen molar-refractivity contribution < 1.29 is 9.30 Å². The van der Waals surface area contributed by atoms with Crippen LogP contribution < -0.4 is 9.30 Å². The molecule has 0 saturated carbocycles. The third-order valence-electron chi connectivity index (χ3n) is 4.49. The molecule has 0 amide bonds. The molecule has 27 heavy (non-hydrogen) atoms. The van der Waals surface area contributed by atoms with Crippen LogP contribution in [0.25, 0.3) is 33.9 Å². The predicted octanol–water partition coefficient (Wildman–Crippen LogP) is 4.31. The number of aromatic nitrogens is 3. The van der Waals surface area contributed by atoms with Gasteiger partial charge in [-0.05, 0) is 42.0 Å². The van der Waals surface area contributed by atoms with Gasteiger partial charge in [-0.1, -0.05) is 24.3 Å². The van der Waals surface area contributed by atoms with Crippen LogP contribution in [0.15, 0.2) is 85.2 Å². The third-order valence-corrected chi connectivity index (χ3v) is 4.49. The Bertz CT molecular complexity index is 1080. The molecular weight excluding hydrogens is 334 g/mol. The van der Waals surface area contributed by atoms with Crippen molar-refractivity contribution in [2.24, 2.45) is 7.05 Å². The molecule has 0 radical (unpaired) electrons. The summed E-state index contributed by atoms with van der Waals surface area (Å²) in [5.41, 5.74) is 5.67. The molecule has 4 heteroatoms. The standard InChI is InChI=1S/C23H20N3O/c1-26-14-8-6-11-22(26)21-16-17(18-9-3-4-12-23(18)27-2)15-20(25-21)19-10-5-7-13-24-19/h3-16H,1-2H3/q+1. The molecule has 3 aromatic heterocycles. The summed E-state index contributed by atoms with van der Waals surface area (Å²) in [5, 5.41) is 0. The highest BCUT2D eigenvalue weighted by Gasteiger charge is 2.16. The third kappa shape index (κ3) is 3.42. The van der Waals surface area contributed by atoms with Gasteiger partial charge in [0.05, 0.1) is 18.5 Å². The smallest absolute Gasteiger partial charge is 0.230 e. The molecule has 0 bridgehead atoms. The molecule has 4 rings (SSSR count). The first-order valence-corrected chi connectivity index (χ1v) is 8.78. The Kier molecular flexibility index (Phi) is 4.62. The van der Waals surface area contributed by atoms with Crippen LogP contribution in [-0.4, -0.2) is 17.1 Å². The van der Waals surface area contributed by atoms with Crippen LogP contribution in [0.4, 0.5) is 0 Å². The van der Waals surface area contributed by atoms with E-state index in [0.29, 0.717) is 0 Å². The van der Waals surface area contributed by atoms with Gasteiger partial charge >= 0.3 is 0 Å². The van der Waals surface area contributed by atoms with E-state index in [1.165, 1.54) is 0 Å². The lowest BCUT2D eigenvalue weighted by molar-refractivity contribution is -0.660. The largest absolute Gasteiger partial charge is 0.496 e. The Morgan fingerprint density at radius 2 is 1.59 bits per heavy atom. The molecule has 1 aromatic carbocycles. The molecular formula is C23H20N3O+. The van der Waals surface area contributed by atoms with Gasteiger partial charge in [0.25, 0.3) is 0 Å². The van der Waals surface area contributed by atoms with Crippen molar-refractivity contribution in [1.82, 2.24) is 9.97 Å². The first-order chi connectivity index (χ1) is 13.3. The fraction of sp³-hybridized carbons (Fsp3) is 0.0870. The molecule has 4 aromatic rings. The van der Waals surface area contributed by atoms with Gasteiger partial charge in [0, 0.05) is 23.9 Å². The Morgan fingerprint density at radius 3 is 2.37 bits per heavy atom. The first kappa shape index (κ1) is 16.9. The minimum atomic E-state index is 0.831. The van der Waals surface area contributed by atoms with Crippen LogP contribution in [0.3, 0.4) is 0 Å². The van der Waals surface area contributed by atoms with Gasteiger partial charge < -0.3 is 4.74 Å². The van der Waals surface area contributed by atoms with E-state index in [4.69, 9.17) is 9.72 Å². The minimum absolute atomic E-state index is 0.831. The number of para-hydroxylation sites is 1. The molecule has 0 N–H and O–H groups in total. The summed E-state index contributed by atoms with van der Waals surface area (Å²) in [6.07, 6.45) is 3.81. The zero-order valence-electron chi connectivity index (χ0n) is 15.3. The molecule has 0 unspecified atom stereocenters. The van der Waals surface area contributed by atoms with Crippen LogP contribution in [0.5, 0.6) is 5.75 Å². The SMILES string of the molecule is COc1ccccc1-c1cc(-c2ccccn2)nc(-c2cccc[n+]2C)c1. The van der Waals surface area contributed by atoms with Crippen LogP contribution in [-0.2, 0) is 7.05 Å². The highest BCUT2D eigenvalue weighted by molar-refractivity contribution is 5.77. The quantitative estimate of drug-likeness (QED) is 0.513. The molecule has 4 nitrogen and oxygen atoms in total. The second-order valence-electron chi connectivity index (χ2n) is 6.24. The van der Waals surface area contributed by atoms with E-state index >= 15 is 0 Å². The molecule has 3 heterocycles. The predicted molar refractivity (Wildman–Crippen MR) is 106 cm³/mol. The number of pyridine rings is 3. The number of hydrogen-bond acceptors (Lipinski definition) is 3. The fourth-order valence-electron chi connectivity index (χ4n) is 3.14. The van der Waals surface area contributed by atoms with Crippen molar-refractivity contribution in [3.8, 4) is 39.7 Å². The number of benzene rings is 1. The molecule has 0 aliphatic carbocycles. The molecule has 0 spiro atoms. The minimum Gasteiger partial charge on any atom is -0.496 e. The molecule has 0 fully saturated rings. The number of methoxy groups -OCH3 is 1. The van der Waals surface area contributed by atoms with Crippen molar-refractivity contribution in [3.63, 3.8) is 0 Å². The van der Waals surface area contributed by atoms with Crippen molar-refractivity contribution >= 4 is 0 Å². The van der Waals surface area contributed by atoms with E-state index in [9.17, 15) is 0 Å². The normalized spacial score (nSPS) is 10.6. The Hall–Kier alpha value is -3.53. The summed E-state index contributed by atoms with van der Waals surface area (Å²) < 4.78 is 7.64. The van der Waals surface area contributed by atoms with Gasteiger partial charge in [-0.25, -0.2) is 4.98 Å². The maximum absolute atomic E-state index is 5.57. The monoisotopic (exact) mass is 354 g/mol. The summed E-state index contributed by atoms with van der Waals surface area (Å²) in [6.45, 7) is 0. The highest BCUT2D eigenvalue weighted by Crippen LogP contribution is 2.33. The van der Waals surface area contributed by atoms with Crippen molar-refractivity contribution in [2.45, 2.75) is 0 Å². The Labute approximate surface area is 158 Å². The van der Waals surface area contributed by atoms with E-state index in [0.717, 1.165) is 39.7 Å². The number of aryl methyl sites for hydroxylation is 1. The zero-order valence-corrected chi connectivity index (χ0v) is 15.3. The molecule has 0 aliphatic rings. The maximum atomic E-state index is 5.57. The van der Waals surface area contributed by atoms with E-state index < -0.39 is 0 Å². The van der Waals surface area contributed by atoms with Crippen molar-refractivity contribution in [1.29, 1.82) is 0 Å². The van der Waals surface area contributed by atoms with Gasteiger partial charge in [-0.15, -0.1) is 0 Å². The number of nitrogens with zero attached hydrogens (tertiary/aromatic N) is 3. The topological polar surface area (TPSA) is 38.9 Å². The fourth-order valence-corrected chi connectivity index (χ4v) is 3.14. The number of rotatable bonds is 4. The van der Waals surface area contributed by atoms with Gasteiger partial charge in [0.1, 0.15) is 18.5 Å². The number of hydrogen-bond donors (Lipinski definition) is 0. The highest BCUT2D eigenvalue weighted by atomic mass is 16.5. The summed E-state index contributed by atoms with van der Waals surface area (Å²) >= 11 is 0. The summed E-state index contributed by atoms with van der Waals surface area (Å²) in [5.74, 6) is 0.832. The van der Waals surface area contributed by atoms with E-state index in [1.54, 1.807) is 13.3 Å². The lowest BCUT2D eigenvalue weighted by atomic mass is 10.0. The lowest BCUT2D eigenvalue weighted by Crippen LogP contribution is -2.30. The van der Waals surface area contributed by atoms with Crippen LogP contribution in [0.2, 0.25) is 0 Å². The Morgan fingerprint density at radius 1 is 0.815 bits per heavy atom. The van der Waals surface area contributed by atoms with Crippen LogP contribution in [0, 0.1) is 0 Å². The van der Waals surface area contributed by atoms with Crippen LogP contribution >= 0.6 is 0 Å². The van der Waals surface area contributed by atoms with E-state index in [-0.39, 0.29) is 0 Å². The second kappa shape index (κ2) is 7.38.